The third-order valence-electron chi connectivity index (χ3n) is 4.00. The van der Waals surface area contributed by atoms with E-state index in [0.29, 0.717) is 0 Å². The van der Waals surface area contributed by atoms with Gasteiger partial charge in [-0.15, -0.1) is 0 Å². The van der Waals surface area contributed by atoms with E-state index in [9.17, 15) is 0 Å². The Labute approximate surface area is 120 Å². The van der Waals surface area contributed by atoms with Crippen molar-refractivity contribution in [1.29, 1.82) is 0 Å². The van der Waals surface area contributed by atoms with Crippen LogP contribution >= 0.6 is 0 Å². The number of hydrogen-bond donors (Lipinski definition) is 0. The zero-order chi connectivity index (χ0) is 15.0. The number of hydrogen-bond acceptors (Lipinski definition) is 5. The lowest BCUT2D eigenvalue weighted by Gasteiger charge is -2.32. The second-order valence-electron chi connectivity index (χ2n) is 5.91. The summed E-state index contributed by atoms with van der Waals surface area (Å²) in [4.78, 5) is 4.40. The first-order valence-electron chi connectivity index (χ1n) is 6.68. The summed E-state index contributed by atoms with van der Waals surface area (Å²) in [5.41, 5.74) is 0.882. The van der Waals surface area contributed by atoms with Gasteiger partial charge in [-0.05, 0) is 33.8 Å². The van der Waals surface area contributed by atoms with E-state index in [2.05, 4.69) is 4.98 Å². The average Bonchev–Trinajstić information content (AvgIpc) is 2.61. The summed E-state index contributed by atoms with van der Waals surface area (Å²) in [6.07, 6.45) is 1.31. The molecule has 0 bridgehead atoms. The molecule has 1 aliphatic rings. The van der Waals surface area contributed by atoms with Crippen molar-refractivity contribution in [3.63, 3.8) is 0 Å². The maximum absolute atomic E-state index is 5.96. The number of pyridine rings is 1. The van der Waals surface area contributed by atoms with E-state index >= 15 is 0 Å². The molecule has 5 nitrogen and oxygen atoms in total. The zero-order valence-electron chi connectivity index (χ0n) is 13.0. The summed E-state index contributed by atoms with van der Waals surface area (Å²) in [6.45, 7) is 8.08. The van der Waals surface area contributed by atoms with Crippen LogP contribution in [0.5, 0.6) is 0 Å². The third kappa shape index (κ3) is 2.74. The smallest absolute Gasteiger partial charge is 0.398 e. The van der Waals surface area contributed by atoms with E-state index in [1.54, 1.807) is 20.4 Å². The van der Waals surface area contributed by atoms with Crippen LogP contribution in [0.1, 0.15) is 39.5 Å². The van der Waals surface area contributed by atoms with Gasteiger partial charge in [-0.25, -0.2) is 0 Å². The van der Waals surface area contributed by atoms with Crippen molar-refractivity contribution < 1.29 is 18.8 Å². The van der Waals surface area contributed by atoms with Crippen LogP contribution < -0.4 is 5.59 Å². The molecule has 1 fully saturated rings. The predicted octanol–water partition coefficient (Wildman–Crippen LogP) is 1.67. The lowest BCUT2D eigenvalue weighted by molar-refractivity contribution is -0.106. The van der Waals surface area contributed by atoms with E-state index in [-0.39, 0.29) is 11.2 Å². The van der Waals surface area contributed by atoms with Gasteiger partial charge in [0.2, 0.25) is 0 Å². The molecule has 0 spiro atoms. The van der Waals surface area contributed by atoms with Crippen molar-refractivity contribution in [2.75, 3.05) is 14.2 Å². The molecule has 2 heterocycles. The maximum Gasteiger partial charge on any atom is 0.514 e. The standard InChI is InChI=1S/C14H22BNO4/c1-13(2)14(3,4)20-15(19-13)11-8-7-10(9-16-11)12(17-5)18-6/h7-9,12H,1-6H3. The van der Waals surface area contributed by atoms with Crippen LogP contribution in [0.2, 0.25) is 0 Å². The molecule has 0 aliphatic carbocycles. The molecular formula is C14H22BNO4. The molecule has 1 aromatic rings. The fourth-order valence-corrected chi connectivity index (χ4v) is 2.03. The molecule has 6 heteroatoms. The number of nitrogens with zero attached hydrogens (tertiary/aromatic N) is 1. The van der Waals surface area contributed by atoms with Crippen LogP contribution in [0.25, 0.3) is 0 Å². The highest BCUT2D eigenvalue weighted by atomic mass is 16.7. The minimum Gasteiger partial charge on any atom is -0.398 e. The van der Waals surface area contributed by atoms with Crippen molar-refractivity contribution in [2.24, 2.45) is 0 Å². The molecule has 0 saturated carbocycles. The maximum atomic E-state index is 5.96. The molecule has 1 aromatic heterocycles. The number of rotatable bonds is 4. The highest BCUT2D eigenvalue weighted by Gasteiger charge is 2.52. The minimum atomic E-state index is -0.447. The summed E-state index contributed by atoms with van der Waals surface area (Å²) in [6, 6.07) is 3.79. The lowest BCUT2D eigenvalue weighted by atomic mass is 9.84. The molecule has 0 atom stereocenters. The first kappa shape index (κ1) is 15.4. The van der Waals surface area contributed by atoms with Gasteiger partial charge in [-0.2, -0.15) is 0 Å². The highest BCUT2D eigenvalue weighted by Crippen LogP contribution is 2.36. The van der Waals surface area contributed by atoms with Gasteiger partial charge in [-0.3, -0.25) is 4.98 Å². The number of aromatic nitrogens is 1. The van der Waals surface area contributed by atoms with Gasteiger partial charge in [0.15, 0.2) is 6.29 Å². The summed E-state index contributed by atoms with van der Waals surface area (Å²) < 4.78 is 22.3. The molecule has 2 rings (SSSR count). The van der Waals surface area contributed by atoms with Crippen LogP contribution in [0.3, 0.4) is 0 Å². The Morgan fingerprint density at radius 1 is 1.05 bits per heavy atom. The Morgan fingerprint density at radius 3 is 2.00 bits per heavy atom. The first-order valence-corrected chi connectivity index (χ1v) is 6.68. The molecular weight excluding hydrogens is 257 g/mol. The normalized spacial score (nSPS) is 20.6. The SMILES string of the molecule is COC(OC)c1ccc(B2OC(C)(C)C(C)(C)O2)nc1. The summed E-state index contributed by atoms with van der Waals surface area (Å²) >= 11 is 0. The van der Waals surface area contributed by atoms with E-state index in [0.717, 1.165) is 11.2 Å². The molecule has 0 aromatic carbocycles. The molecule has 110 valence electrons. The lowest BCUT2D eigenvalue weighted by Crippen LogP contribution is -2.41. The molecule has 0 N–H and O–H groups in total. The van der Waals surface area contributed by atoms with Crippen molar-refractivity contribution >= 4 is 12.7 Å². The Bertz CT molecular complexity index is 441. The highest BCUT2D eigenvalue weighted by molar-refractivity contribution is 6.61. The van der Waals surface area contributed by atoms with E-state index < -0.39 is 13.4 Å². The van der Waals surface area contributed by atoms with Crippen LogP contribution in [0.15, 0.2) is 18.3 Å². The van der Waals surface area contributed by atoms with Gasteiger partial charge in [0.25, 0.3) is 0 Å². The molecule has 1 saturated heterocycles. The van der Waals surface area contributed by atoms with Gasteiger partial charge in [-0.1, -0.05) is 6.07 Å². The van der Waals surface area contributed by atoms with Gasteiger partial charge in [0.05, 0.1) is 16.8 Å². The van der Waals surface area contributed by atoms with Crippen molar-refractivity contribution in [3.8, 4) is 0 Å². The van der Waals surface area contributed by atoms with Crippen LogP contribution in [-0.4, -0.2) is 37.5 Å². The molecule has 20 heavy (non-hydrogen) atoms. The monoisotopic (exact) mass is 279 g/mol. The van der Waals surface area contributed by atoms with Crippen LogP contribution in [0.4, 0.5) is 0 Å². The fourth-order valence-electron chi connectivity index (χ4n) is 2.03. The van der Waals surface area contributed by atoms with Crippen LogP contribution in [0, 0.1) is 0 Å². The Morgan fingerprint density at radius 2 is 1.60 bits per heavy atom. The van der Waals surface area contributed by atoms with Gasteiger partial charge < -0.3 is 18.8 Å². The van der Waals surface area contributed by atoms with E-state index in [1.807, 2.05) is 39.8 Å². The summed E-state index contributed by atoms with van der Waals surface area (Å²) in [5, 5.41) is 0. The molecule has 0 amide bonds. The van der Waals surface area contributed by atoms with Crippen LogP contribution in [-0.2, 0) is 18.8 Å². The topological polar surface area (TPSA) is 49.8 Å². The van der Waals surface area contributed by atoms with Gasteiger partial charge >= 0.3 is 7.12 Å². The average molecular weight is 279 g/mol. The quantitative estimate of drug-likeness (QED) is 0.620. The minimum absolute atomic E-state index is 0.361. The number of ether oxygens (including phenoxy) is 2. The molecule has 0 unspecified atom stereocenters. The molecule has 0 radical (unpaired) electrons. The second-order valence-corrected chi connectivity index (χ2v) is 5.91. The van der Waals surface area contributed by atoms with E-state index in [4.69, 9.17) is 18.8 Å². The van der Waals surface area contributed by atoms with Gasteiger partial charge in [0.1, 0.15) is 0 Å². The zero-order valence-corrected chi connectivity index (χ0v) is 13.0. The predicted molar refractivity (Wildman–Crippen MR) is 76.7 cm³/mol. The third-order valence-corrected chi connectivity index (χ3v) is 4.00. The number of methoxy groups -OCH3 is 2. The Hall–Kier alpha value is -0.945. The fraction of sp³-hybridized carbons (Fsp3) is 0.643. The molecule has 1 aliphatic heterocycles. The van der Waals surface area contributed by atoms with Crippen molar-refractivity contribution in [1.82, 2.24) is 4.98 Å². The Kier molecular flexibility index (Phi) is 4.20. The Balaban J connectivity index is 2.16. The van der Waals surface area contributed by atoms with Crippen molar-refractivity contribution in [3.05, 3.63) is 23.9 Å². The second kappa shape index (κ2) is 5.45. The van der Waals surface area contributed by atoms with Crippen molar-refractivity contribution in [2.45, 2.75) is 45.2 Å². The summed E-state index contributed by atoms with van der Waals surface area (Å²) in [5.74, 6) is 0. The summed E-state index contributed by atoms with van der Waals surface area (Å²) in [7, 11) is 2.74. The largest absolute Gasteiger partial charge is 0.514 e. The van der Waals surface area contributed by atoms with E-state index in [1.165, 1.54) is 0 Å². The first-order chi connectivity index (χ1) is 9.30. The van der Waals surface area contributed by atoms with Gasteiger partial charge in [0, 0.05) is 26.0 Å².